The van der Waals surface area contributed by atoms with Crippen LogP contribution in [0.25, 0.3) is 11.3 Å². The average Bonchev–Trinajstić information content (AvgIpc) is 2.93. The van der Waals surface area contributed by atoms with Crippen LogP contribution in [-0.2, 0) is 18.3 Å². The van der Waals surface area contributed by atoms with Crippen molar-refractivity contribution >= 4 is 0 Å². The fraction of sp³-hybridized carbons (Fsp3) is 0.412. The van der Waals surface area contributed by atoms with Crippen molar-refractivity contribution in [3.05, 3.63) is 41.6 Å². The highest BCUT2D eigenvalue weighted by molar-refractivity contribution is 5.63. The molecule has 1 heterocycles. The summed E-state index contributed by atoms with van der Waals surface area (Å²) >= 11 is 0. The Morgan fingerprint density at radius 1 is 1.30 bits per heavy atom. The predicted octanol–water partition coefficient (Wildman–Crippen LogP) is 1.40. The van der Waals surface area contributed by atoms with Gasteiger partial charge >= 0.3 is 0 Å². The van der Waals surface area contributed by atoms with E-state index >= 15 is 0 Å². The normalized spacial score (nSPS) is 10.9. The van der Waals surface area contributed by atoms with Crippen molar-refractivity contribution < 1.29 is 9.84 Å². The molecule has 6 heteroatoms. The van der Waals surface area contributed by atoms with Gasteiger partial charge in [-0.3, -0.25) is 9.58 Å². The summed E-state index contributed by atoms with van der Waals surface area (Å²) < 4.78 is 6.92. The van der Waals surface area contributed by atoms with Gasteiger partial charge in [-0.05, 0) is 12.1 Å². The topological polar surface area (TPSA) is 74.3 Å². The first-order chi connectivity index (χ1) is 11.2. The van der Waals surface area contributed by atoms with Crippen LogP contribution in [0.15, 0.2) is 30.5 Å². The lowest BCUT2D eigenvalue weighted by Crippen LogP contribution is -2.29. The summed E-state index contributed by atoms with van der Waals surface area (Å²) in [7, 11) is 3.56. The van der Waals surface area contributed by atoms with E-state index in [1.807, 2.05) is 25.4 Å². The standard InChI is InChI=1S/C17H22N4O2/c1-20-12-16(13-21(7-9-22)8-10-23-2)17(19-20)15-5-3-14(11-18)4-6-15/h3-6,12,22H,7-10,13H2,1-2H3. The van der Waals surface area contributed by atoms with E-state index in [4.69, 9.17) is 10.00 Å². The Balaban J connectivity index is 2.23. The molecule has 2 rings (SSSR count). The summed E-state index contributed by atoms with van der Waals surface area (Å²) in [5.74, 6) is 0. The van der Waals surface area contributed by atoms with Gasteiger partial charge in [-0.15, -0.1) is 0 Å². The third kappa shape index (κ3) is 4.63. The maximum Gasteiger partial charge on any atom is 0.0991 e. The number of ether oxygens (including phenoxy) is 1. The highest BCUT2D eigenvalue weighted by Gasteiger charge is 2.14. The molecule has 0 unspecified atom stereocenters. The van der Waals surface area contributed by atoms with E-state index in [1.165, 1.54) is 0 Å². The molecule has 0 amide bonds. The van der Waals surface area contributed by atoms with Crippen molar-refractivity contribution in [2.45, 2.75) is 6.54 Å². The van der Waals surface area contributed by atoms with E-state index in [0.717, 1.165) is 23.4 Å². The first-order valence-corrected chi connectivity index (χ1v) is 7.53. The lowest BCUT2D eigenvalue weighted by atomic mass is 10.1. The lowest BCUT2D eigenvalue weighted by Gasteiger charge is -2.20. The van der Waals surface area contributed by atoms with E-state index in [1.54, 1.807) is 23.9 Å². The van der Waals surface area contributed by atoms with Gasteiger partial charge in [0.1, 0.15) is 0 Å². The van der Waals surface area contributed by atoms with Gasteiger partial charge in [0, 0.05) is 51.1 Å². The fourth-order valence-electron chi connectivity index (χ4n) is 2.47. The Hall–Kier alpha value is -2.20. The Kier molecular flexibility index (Phi) is 6.29. The van der Waals surface area contributed by atoms with Crippen LogP contribution in [0, 0.1) is 11.3 Å². The highest BCUT2D eigenvalue weighted by Crippen LogP contribution is 2.23. The largest absolute Gasteiger partial charge is 0.395 e. The number of nitriles is 1. The van der Waals surface area contributed by atoms with Crippen molar-refractivity contribution in [2.75, 3.05) is 33.4 Å². The molecule has 0 atom stereocenters. The Morgan fingerprint density at radius 2 is 2.04 bits per heavy atom. The highest BCUT2D eigenvalue weighted by atomic mass is 16.5. The van der Waals surface area contributed by atoms with Crippen LogP contribution >= 0.6 is 0 Å². The number of aliphatic hydroxyl groups excluding tert-OH is 1. The fourth-order valence-corrected chi connectivity index (χ4v) is 2.47. The first-order valence-electron chi connectivity index (χ1n) is 7.53. The first kappa shape index (κ1) is 17.2. The average molecular weight is 314 g/mol. The summed E-state index contributed by atoms with van der Waals surface area (Å²) in [4.78, 5) is 2.13. The van der Waals surface area contributed by atoms with Crippen molar-refractivity contribution in [1.82, 2.24) is 14.7 Å². The number of hydrogen-bond acceptors (Lipinski definition) is 5. The molecule has 0 saturated heterocycles. The Bertz CT molecular complexity index is 658. The van der Waals surface area contributed by atoms with Gasteiger partial charge in [-0.1, -0.05) is 12.1 Å². The summed E-state index contributed by atoms with van der Waals surface area (Å²) in [6, 6.07) is 9.54. The van der Waals surface area contributed by atoms with Crippen LogP contribution in [0.2, 0.25) is 0 Å². The molecular weight excluding hydrogens is 292 g/mol. The lowest BCUT2D eigenvalue weighted by molar-refractivity contribution is 0.127. The van der Waals surface area contributed by atoms with E-state index < -0.39 is 0 Å². The molecule has 0 saturated carbocycles. The van der Waals surface area contributed by atoms with E-state index in [2.05, 4.69) is 16.1 Å². The summed E-state index contributed by atoms with van der Waals surface area (Å²) in [5, 5.41) is 22.7. The number of aliphatic hydroxyl groups is 1. The van der Waals surface area contributed by atoms with Crippen LogP contribution in [-0.4, -0.2) is 53.2 Å². The number of benzene rings is 1. The van der Waals surface area contributed by atoms with Gasteiger partial charge in [0.25, 0.3) is 0 Å². The molecule has 0 aliphatic carbocycles. The molecule has 0 aliphatic heterocycles. The van der Waals surface area contributed by atoms with Crippen molar-refractivity contribution in [3.63, 3.8) is 0 Å². The van der Waals surface area contributed by atoms with E-state index in [-0.39, 0.29) is 6.61 Å². The third-order valence-electron chi connectivity index (χ3n) is 3.61. The molecule has 1 aromatic carbocycles. The summed E-state index contributed by atoms with van der Waals surface area (Å²) in [6.45, 7) is 2.75. The number of methoxy groups -OCH3 is 1. The second-order valence-corrected chi connectivity index (χ2v) is 5.36. The molecule has 1 aromatic heterocycles. The van der Waals surface area contributed by atoms with Crippen molar-refractivity contribution in [2.24, 2.45) is 7.05 Å². The molecule has 0 fully saturated rings. The van der Waals surface area contributed by atoms with Crippen LogP contribution < -0.4 is 0 Å². The van der Waals surface area contributed by atoms with E-state index in [0.29, 0.717) is 25.3 Å². The SMILES string of the molecule is COCCN(CCO)Cc1cn(C)nc1-c1ccc(C#N)cc1. The van der Waals surface area contributed by atoms with Crippen molar-refractivity contribution in [3.8, 4) is 17.3 Å². The number of aryl methyl sites for hydroxylation is 1. The van der Waals surface area contributed by atoms with Crippen LogP contribution in [0.5, 0.6) is 0 Å². The number of hydrogen-bond donors (Lipinski definition) is 1. The minimum atomic E-state index is 0.107. The molecular formula is C17H22N4O2. The zero-order valence-corrected chi connectivity index (χ0v) is 13.6. The number of nitrogens with zero attached hydrogens (tertiary/aromatic N) is 4. The smallest absolute Gasteiger partial charge is 0.0991 e. The van der Waals surface area contributed by atoms with Gasteiger partial charge < -0.3 is 9.84 Å². The summed E-state index contributed by atoms with van der Waals surface area (Å²) in [6.07, 6.45) is 1.99. The number of rotatable bonds is 8. The second kappa shape index (κ2) is 8.44. The zero-order chi connectivity index (χ0) is 16.7. The Morgan fingerprint density at radius 3 is 2.65 bits per heavy atom. The quantitative estimate of drug-likeness (QED) is 0.797. The molecule has 1 N–H and O–H groups in total. The van der Waals surface area contributed by atoms with Gasteiger partial charge in [0.05, 0.1) is 30.5 Å². The molecule has 6 nitrogen and oxygen atoms in total. The summed E-state index contributed by atoms with van der Waals surface area (Å²) in [5.41, 5.74) is 3.60. The zero-order valence-electron chi connectivity index (χ0n) is 13.6. The van der Waals surface area contributed by atoms with Gasteiger partial charge in [0.15, 0.2) is 0 Å². The van der Waals surface area contributed by atoms with Crippen LogP contribution in [0.3, 0.4) is 0 Å². The minimum absolute atomic E-state index is 0.107. The van der Waals surface area contributed by atoms with Gasteiger partial charge in [0.2, 0.25) is 0 Å². The molecule has 0 bridgehead atoms. The maximum atomic E-state index is 9.23. The molecule has 0 radical (unpaired) electrons. The second-order valence-electron chi connectivity index (χ2n) is 5.36. The van der Waals surface area contributed by atoms with Crippen LogP contribution in [0.4, 0.5) is 0 Å². The molecule has 0 aliphatic rings. The number of aromatic nitrogens is 2. The van der Waals surface area contributed by atoms with Gasteiger partial charge in [-0.25, -0.2) is 0 Å². The van der Waals surface area contributed by atoms with Gasteiger partial charge in [-0.2, -0.15) is 10.4 Å². The molecule has 122 valence electrons. The molecule has 2 aromatic rings. The maximum absolute atomic E-state index is 9.23. The molecule has 23 heavy (non-hydrogen) atoms. The third-order valence-corrected chi connectivity index (χ3v) is 3.61. The van der Waals surface area contributed by atoms with E-state index in [9.17, 15) is 5.11 Å². The van der Waals surface area contributed by atoms with Crippen molar-refractivity contribution in [1.29, 1.82) is 5.26 Å². The molecule has 0 spiro atoms. The monoisotopic (exact) mass is 314 g/mol. The van der Waals surface area contributed by atoms with Crippen LogP contribution in [0.1, 0.15) is 11.1 Å². The minimum Gasteiger partial charge on any atom is -0.395 e. The Labute approximate surface area is 136 Å². The predicted molar refractivity (Wildman–Crippen MR) is 87.6 cm³/mol.